The molecule has 0 bridgehead atoms. The monoisotopic (exact) mass is 432 g/mol. The Balaban J connectivity index is 1.20. The van der Waals surface area contributed by atoms with Crippen LogP contribution in [0.25, 0.3) is 22.9 Å². The van der Waals surface area contributed by atoms with Crippen molar-refractivity contribution in [2.24, 2.45) is 0 Å². The maximum absolute atomic E-state index is 13.0. The minimum atomic E-state index is 0.0688. The van der Waals surface area contributed by atoms with E-state index >= 15 is 0 Å². The maximum atomic E-state index is 13.0. The van der Waals surface area contributed by atoms with Gasteiger partial charge in [-0.05, 0) is 56.2 Å². The molecular formula is C25H28N4O3. The highest BCUT2D eigenvalue weighted by molar-refractivity contribution is 5.94. The van der Waals surface area contributed by atoms with Crippen molar-refractivity contribution in [3.8, 4) is 22.9 Å². The predicted octanol–water partition coefficient (Wildman–Crippen LogP) is 3.65. The molecule has 3 heterocycles. The van der Waals surface area contributed by atoms with Crippen molar-refractivity contribution in [2.75, 3.05) is 39.3 Å². The van der Waals surface area contributed by atoms with Crippen LogP contribution in [0.5, 0.6) is 0 Å². The molecule has 1 atom stereocenters. The third kappa shape index (κ3) is 4.59. The van der Waals surface area contributed by atoms with Gasteiger partial charge in [0.15, 0.2) is 0 Å². The minimum Gasteiger partial charge on any atom is -0.416 e. The lowest BCUT2D eigenvalue weighted by molar-refractivity contribution is 0.0432. The van der Waals surface area contributed by atoms with E-state index in [9.17, 15) is 4.79 Å². The van der Waals surface area contributed by atoms with E-state index in [0.29, 0.717) is 23.4 Å². The average Bonchev–Trinajstić information content (AvgIpc) is 3.52. The fourth-order valence-electron chi connectivity index (χ4n) is 4.38. The van der Waals surface area contributed by atoms with Crippen LogP contribution in [0, 0.1) is 6.92 Å². The van der Waals surface area contributed by atoms with Crippen LogP contribution in [0.3, 0.4) is 0 Å². The molecule has 32 heavy (non-hydrogen) atoms. The van der Waals surface area contributed by atoms with Gasteiger partial charge in [-0.1, -0.05) is 17.7 Å². The van der Waals surface area contributed by atoms with Crippen LogP contribution in [0.1, 0.15) is 28.8 Å². The SMILES string of the molecule is Cc1cccc(-c2nnc(-c3ccc(C(=O)N4CCN(CC5CCCO5)CC4)cc3)o2)c1. The van der Waals surface area contributed by atoms with E-state index in [0.717, 1.165) is 68.9 Å². The summed E-state index contributed by atoms with van der Waals surface area (Å²) in [6.45, 7) is 7.18. The Labute approximate surface area is 188 Å². The lowest BCUT2D eigenvalue weighted by atomic mass is 10.1. The first-order valence-electron chi connectivity index (χ1n) is 11.3. The Kier molecular flexibility index (Phi) is 6.01. The summed E-state index contributed by atoms with van der Waals surface area (Å²) >= 11 is 0. The van der Waals surface area contributed by atoms with Crippen molar-refractivity contribution < 1.29 is 13.9 Å². The summed E-state index contributed by atoms with van der Waals surface area (Å²) in [4.78, 5) is 17.3. The Bertz CT molecular complexity index is 1060. The Morgan fingerprint density at radius 2 is 1.75 bits per heavy atom. The van der Waals surface area contributed by atoms with Gasteiger partial charge in [0.1, 0.15) is 0 Å². The van der Waals surface area contributed by atoms with E-state index in [4.69, 9.17) is 9.15 Å². The third-order valence-corrected chi connectivity index (χ3v) is 6.21. The van der Waals surface area contributed by atoms with Gasteiger partial charge < -0.3 is 14.1 Å². The maximum Gasteiger partial charge on any atom is 0.253 e. The lowest BCUT2D eigenvalue weighted by Crippen LogP contribution is -2.50. The molecule has 2 aliphatic rings. The summed E-state index contributed by atoms with van der Waals surface area (Å²) in [5.41, 5.74) is 3.51. The molecule has 1 amide bonds. The van der Waals surface area contributed by atoms with Crippen LogP contribution in [-0.2, 0) is 4.74 Å². The van der Waals surface area contributed by atoms with Crippen LogP contribution < -0.4 is 0 Å². The largest absolute Gasteiger partial charge is 0.416 e. The molecule has 1 aromatic heterocycles. The Hall–Kier alpha value is -3.03. The molecule has 7 nitrogen and oxygen atoms in total. The summed E-state index contributed by atoms with van der Waals surface area (Å²) in [7, 11) is 0. The van der Waals surface area contributed by atoms with Gasteiger partial charge in [-0.3, -0.25) is 9.69 Å². The highest BCUT2D eigenvalue weighted by Gasteiger charge is 2.25. The molecule has 7 heteroatoms. The standard InChI is InChI=1S/C25H28N4O3/c1-18-4-2-5-21(16-18)24-27-26-23(32-24)19-7-9-20(10-8-19)25(30)29-13-11-28(12-14-29)17-22-6-3-15-31-22/h2,4-5,7-10,16,22H,3,6,11-15,17H2,1H3. The minimum absolute atomic E-state index is 0.0688. The fourth-order valence-corrected chi connectivity index (χ4v) is 4.38. The quantitative estimate of drug-likeness (QED) is 0.613. The molecular weight excluding hydrogens is 404 g/mol. The number of benzene rings is 2. The van der Waals surface area contributed by atoms with E-state index in [2.05, 4.69) is 15.1 Å². The highest BCUT2D eigenvalue weighted by atomic mass is 16.5. The second kappa shape index (κ2) is 9.22. The molecule has 166 valence electrons. The topological polar surface area (TPSA) is 71.7 Å². The van der Waals surface area contributed by atoms with Crippen molar-refractivity contribution in [1.82, 2.24) is 20.0 Å². The number of ether oxygens (including phenoxy) is 1. The molecule has 2 fully saturated rings. The van der Waals surface area contributed by atoms with Crippen molar-refractivity contribution in [3.63, 3.8) is 0 Å². The smallest absolute Gasteiger partial charge is 0.253 e. The van der Waals surface area contributed by atoms with Gasteiger partial charge in [-0.2, -0.15) is 0 Å². The molecule has 0 saturated carbocycles. The van der Waals surface area contributed by atoms with E-state index in [-0.39, 0.29) is 5.91 Å². The van der Waals surface area contributed by atoms with E-state index < -0.39 is 0 Å². The molecule has 0 radical (unpaired) electrons. The molecule has 2 aromatic carbocycles. The second-order valence-corrected chi connectivity index (χ2v) is 8.59. The summed E-state index contributed by atoms with van der Waals surface area (Å²) in [5.74, 6) is 1.01. The van der Waals surface area contributed by atoms with Gasteiger partial charge in [0.25, 0.3) is 5.91 Å². The summed E-state index contributed by atoms with van der Waals surface area (Å²) in [5, 5.41) is 8.35. The van der Waals surface area contributed by atoms with Gasteiger partial charge in [-0.15, -0.1) is 10.2 Å². The van der Waals surface area contributed by atoms with Crippen LogP contribution in [0.4, 0.5) is 0 Å². The summed E-state index contributed by atoms with van der Waals surface area (Å²) < 4.78 is 11.6. The number of hydrogen-bond donors (Lipinski definition) is 0. The van der Waals surface area contributed by atoms with Crippen LogP contribution >= 0.6 is 0 Å². The highest BCUT2D eigenvalue weighted by Crippen LogP contribution is 2.25. The molecule has 3 aromatic rings. The number of piperazine rings is 1. The molecule has 1 unspecified atom stereocenters. The normalized spacial score (nSPS) is 19.4. The van der Waals surface area contributed by atoms with Crippen molar-refractivity contribution in [2.45, 2.75) is 25.9 Å². The van der Waals surface area contributed by atoms with E-state index in [1.54, 1.807) is 0 Å². The molecule has 0 N–H and O–H groups in total. The first-order valence-corrected chi connectivity index (χ1v) is 11.3. The first-order chi connectivity index (χ1) is 15.7. The zero-order valence-electron chi connectivity index (χ0n) is 18.4. The zero-order chi connectivity index (χ0) is 21.9. The number of carbonyl (C=O) groups is 1. The van der Waals surface area contributed by atoms with Crippen molar-refractivity contribution in [3.05, 3.63) is 59.7 Å². The number of aryl methyl sites for hydroxylation is 1. The number of aromatic nitrogens is 2. The predicted molar refractivity (Wildman–Crippen MR) is 121 cm³/mol. The van der Waals surface area contributed by atoms with Gasteiger partial charge >= 0.3 is 0 Å². The molecule has 2 aliphatic heterocycles. The number of carbonyl (C=O) groups excluding carboxylic acids is 1. The fraction of sp³-hybridized carbons (Fsp3) is 0.400. The molecule has 5 rings (SSSR count). The van der Waals surface area contributed by atoms with Crippen LogP contribution in [0.15, 0.2) is 52.9 Å². The summed E-state index contributed by atoms with van der Waals surface area (Å²) in [6.07, 6.45) is 2.68. The van der Waals surface area contributed by atoms with E-state index in [1.807, 2.05) is 60.4 Å². The lowest BCUT2D eigenvalue weighted by Gasteiger charge is -2.35. The van der Waals surface area contributed by atoms with Crippen molar-refractivity contribution >= 4 is 5.91 Å². The number of rotatable bonds is 5. The average molecular weight is 433 g/mol. The molecule has 0 aliphatic carbocycles. The number of amides is 1. The first kappa shape index (κ1) is 20.8. The van der Waals surface area contributed by atoms with Crippen molar-refractivity contribution in [1.29, 1.82) is 0 Å². The molecule has 2 saturated heterocycles. The van der Waals surface area contributed by atoms with Gasteiger partial charge in [0, 0.05) is 56.0 Å². The second-order valence-electron chi connectivity index (χ2n) is 8.59. The van der Waals surface area contributed by atoms with E-state index in [1.165, 1.54) is 0 Å². The van der Waals surface area contributed by atoms with Gasteiger partial charge in [-0.25, -0.2) is 0 Å². The van der Waals surface area contributed by atoms with Crippen LogP contribution in [-0.4, -0.2) is 71.3 Å². The molecule has 0 spiro atoms. The summed E-state index contributed by atoms with van der Waals surface area (Å²) in [6, 6.07) is 15.4. The van der Waals surface area contributed by atoms with Crippen LogP contribution in [0.2, 0.25) is 0 Å². The van der Waals surface area contributed by atoms with Gasteiger partial charge in [0.2, 0.25) is 11.8 Å². The Morgan fingerprint density at radius 1 is 1.00 bits per heavy atom. The third-order valence-electron chi connectivity index (χ3n) is 6.21. The number of hydrogen-bond acceptors (Lipinski definition) is 6. The van der Waals surface area contributed by atoms with Gasteiger partial charge in [0.05, 0.1) is 6.10 Å². The Morgan fingerprint density at radius 3 is 2.44 bits per heavy atom. The number of nitrogens with zero attached hydrogens (tertiary/aromatic N) is 4. The zero-order valence-corrected chi connectivity index (χ0v) is 18.4.